The maximum Gasteiger partial charge on any atom is 0.338 e. The van der Waals surface area contributed by atoms with Crippen molar-refractivity contribution in [1.82, 2.24) is 0 Å². The van der Waals surface area contributed by atoms with E-state index in [1.165, 1.54) is 0 Å². The lowest BCUT2D eigenvalue weighted by atomic mass is 9.89. The summed E-state index contributed by atoms with van der Waals surface area (Å²) in [6.45, 7) is 1.06. The number of nitrogens with two attached hydrogens (primary N) is 1. The van der Waals surface area contributed by atoms with Crippen molar-refractivity contribution in [3.63, 3.8) is 0 Å². The van der Waals surface area contributed by atoms with Crippen molar-refractivity contribution in [1.29, 1.82) is 0 Å². The summed E-state index contributed by atoms with van der Waals surface area (Å²) in [6, 6.07) is 16.9. The Hall–Kier alpha value is -2.31. The molecule has 0 heterocycles. The zero-order chi connectivity index (χ0) is 16.3. The standard InChI is InChI=1S/C17H20BN2O3/c19-13-23-18-12-14-6-8-16(9-7-14)20-10-11-22-17(21)15-4-2-1-3-5-15/h1-9,20H,10-13,19H2. The van der Waals surface area contributed by atoms with E-state index < -0.39 is 0 Å². The molecule has 0 amide bonds. The van der Waals surface area contributed by atoms with Crippen LogP contribution < -0.4 is 11.1 Å². The van der Waals surface area contributed by atoms with E-state index in [9.17, 15) is 4.79 Å². The Balaban J connectivity index is 1.67. The zero-order valence-corrected chi connectivity index (χ0v) is 12.9. The minimum atomic E-state index is -0.307. The van der Waals surface area contributed by atoms with Gasteiger partial charge in [0.1, 0.15) is 6.61 Å². The van der Waals surface area contributed by atoms with Gasteiger partial charge < -0.3 is 20.4 Å². The van der Waals surface area contributed by atoms with Crippen molar-refractivity contribution in [2.75, 3.05) is 25.2 Å². The van der Waals surface area contributed by atoms with Crippen molar-refractivity contribution in [2.45, 2.75) is 6.32 Å². The van der Waals surface area contributed by atoms with Gasteiger partial charge in [0.2, 0.25) is 0 Å². The van der Waals surface area contributed by atoms with E-state index in [0.29, 0.717) is 25.0 Å². The molecule has 6 heteroatoms. The Kier molecular flexibility index (Phi) is 7.16. The summed E-state index contributed by atoms with van der Waals surface area (Å²) in [5.41, 5.74) is 7.92. The largest absolute Gasteiger partial charge is 0.460 e. The normalized spacial score (nSPS) is 10.1. The highest BCUT2D eigenvalue weighted by molar-refractivity contribution is 6.26. The first-order valence-corrected chi connectivity index (χ1v) is 7.48. The van der Waals surface area contributed by atoms with E-state index in [2.05, 4.69) is 5.32 Å². The minimum Gasteiger partial charge on any atom is -0.460 e. The fourth-order valence-corrected chi connectivity index (χ4v) is 1.98. The van der Waals surface area contributed by atoms with Crippen molar-refractivity contribution >= 4 is 19.1 Å². The Labute approximate surface area is 137 Å². The summed E-state index contributed by atoms with van der Waals surface area (Å²) in [7, 11) is 1.69. The number of anilines is 1. The van der Waals surface area contributed by atoms with Gasteiger partial charge in [-0.15, -0.1) is 0 Å². The van der Waals surface area contributed by atoms with Gasteiger partial charge in [0.05, 0.1) is 12.3 Å². The number of benzene rings is 2. The number of carbonyl (C=O) groups is 1. The highest BCUT2D eigenvalue weighted by Gasteiger charge is 2.05. The first kappa shape index (κ1) is 17.1. The number of nitrogens with one attached hydrogen (secondary N) is 1. The second kappa shape index (κ2) is 9.66. The van der Waals surface area contributed by atoms with Crippen molar-refractivity contribution in [3.05, 3.63) is 65.7 Å². The molecule has 0 atom stereocenters. The molecular weight excluding hydrogens is 291 g/mol. The van der Waals surface area contributed by atoms with Gasteiger partial charge in [-0.05, 0) is 30.6 Å². The highest BCUT2D eigenvalue weighted by Crippen LogP contribution is 2.09. The Bertz CT molecular complexity index is 591. The van der Waals surface area contributed by atoms with E-state index in [0.717, 1.165) is 11.3 Å². The maximum absolute atomic E-state index is 11.8. The molecule has 119 valence electrons. The quantitative estimate of drug-likeness (QED) is 0.321. The van der Waals surface area contributed by atoms with Gasteiger partial charge in [-0.25, -0.2) is 4.79 Å². The van der Waals surface area contributed by atoms with Crippen LogP contribution in [-0.2, 0) is 15.7 Å². The molecule has 23 heavy (non-hydrogen) atoms. The predicted molar refractivity (Wildman–Crippen MR) is 91.3 cm³/mol. The van der Waals surface area contributed by atoms with Gasteiger partial charge >= 0.3 is 5.97 Å². The summed E-state index contributed by atoms with van der Waals surface area (Å²) in [5.74, 6) is -0.307. The smallest absolute Gasteiger partial charge is 0.338 e. The summed E-state index contributed by atoms with van der Waals surface area (Å²) in [6.07, 6.45) is 0.714. The van der Waals surface area contributed by atoms with E-state index in [1.807, 2.05) is 42.5 Å². The van der Waals surface area contributed by atoms with Crippen LogP contribution in [-0.4, -0.2) is 33.3 Å². The van der Waals surface area contributed by atoms with Crippen LogP contribution in [0.5, 0.6) is 0 Å². The fraction of sp³-hybridized carbons (Fsp3) is 0.235. The molecule has 1 radical (unpaired) electrons. The second-order valence-electron chi connectivity index (χ2n) is 4.83. The Morgan fingerprint density at radius 2 is 1.83 bits per heavy atom. The summed E-state index contributed by atoms with van der Waals surface area (Å²) >= 11 is 0. The molecule has 2 aromatic carbocycles. The number of ether oxygens (including phenoxy) is 1. The summed E-state index contributed by atoms with van der Waals surface area (Å²) < 4.78 is 10.2. The number of hydrogen-bond donors (Lipinski definition) is 2. The second-order valence-corrected chi connectivity index (χ2v) is 4.83. The van der Waals surface area contributed by atoms with Gasteiger partial charge in [-0.2, -0.15) is 0 Å². The lowest BCUT2D eigenvalue weighted by Crippen LogP contribution is -2.14. The van der Waals surface area contributed by atoms with Crippen LogP contribution in [0.3, 0.4) is 0 Å². The molecule has 2 aromatic rings. The van der Waals surface area contributed by atoms with Crippen molar-refractivity contribution < 1.29 is 14.2 Å². The molecule has 0 aliphatic carbocycles. The van der Waals surface area contributed by atoms with E-state index >= 15 is 0 Å². The number of rotatable bonds is 9. The number of esters is 1. The topological polar surface area (TPSA) is 73.6 Å². The van der Waals surface area contributed by atoms with Gasteiger partial charge in [-0.1, -0.05) is 35.9 Å². The van der Waals surface area contributed by atoms with Crippen LogP contribution in [0, 0.1) is 0 Å². The molecule has 5 nitrogen and oxygen atoms in total. The number of hydrogen-bond acceptors (Lipinski definition) is 5. The minimum absolute atomic E-state index is 0.196. The lowest BCUT2D eigenvalue weighted by molar-refractivity contribution is 0.0520. The molecule has 0 spiro atoms. The molecule has 0 aliphatic rings. The van der Waals surface area contributed by atoms with Crippen LogP contribution in [0.1, 0.15) is 15.9 Å². The first-order chi connectivity index (χ1) is 11.3. The molecule has 0 aliphatic heterocycles. The molecule has 0 saturated heterocycles. The molecule has 0 unspecified atom stereocenters. The molecule has 3 N–H and O–H groups in total. The predicted octanol–water partition coefficient (Wildman–Crippen LogP) is 2.01. The third-order valence-corrected chi connectivity index (χ3v) is 3.16. The molecule has 0 saturated carbocycles. The van der Waals surface area contributed by atoms with Gasteiger partial charge in [0, 0.05) is 12.2 Å². The van der Waals surface area contributed by atoms with Crippen molar-refractivity contribution in [3.8, 4) is 0 Å². The highest BCUT2D eigenvalue weighted by atomic mass is 16.5. The summed E-state index contributed by atoms with van der Waals surface area (Å²) in [5, 5.41) is 3.21. The third kappa shape index (κ3) is 6.14. The molecule has 2 rings (SSSR count). The third-order valence-electron chi connectivity index (χ3n) is 3.16. The Morgan fingerprint density at radius 1 is 1.09 bits per heavy atom. The van der Waals surface area contributed by atoms with E-state index in [1.54, 1.807) is 19.6 Å². The van der Waals surface area contributed by atoms with Crippen molar-refractivity contribution in [2.24, 2.45) is 5.73 Å². The van der Waals surface area contributed by atoms with E-state index in [-0.39, 0.29) is 12.7 Å². The molecular formula is C17H20BN2O3. The van der Waals surface area contributed by atoms with Crippen LogP contribution in [0.25, 0.3) is 0 Å². The molecule has 0 aromatic heterocycles. The van der Waals surface area contributed by atoms with Crippen LogP contribution in [0.2, 0.25) is 0 Å². The average Bonchev–Trinajstić information content (AvgIpc) is 2.61. The average molecular weight is 311 g/mol. The SMILES string of the molecule is NCO[B]Cc1ccc(NCCOC(=O)c2ccccc2)cc1. The number of carbonyl (C=O) groups excluding carboxylic acids is 1. The first-order valence-electron chi connectivity index (χ1n) is 7.48. The summed E-state index contributed by atoms with van der Waals surface area (Å²) in [4.78, 5) is 11.8. The van der Waals surface area contributed by atoms with Crippen LogP contribution in [0.15, 0.2) is 54.6 Å². The molecule has 0 bridgehead atoms. The monoisotopic (exact) mass is 311 g/mol. The zero-order valence-electron chi connectivity index (χ0n) is 12.9. The van der Waals surface area contributed by atoms with Gasteiger partial charge in [-0.3, -0.25) is 0 Å². The maximum atomic E-state index is 11.8. The Morgan fingerprint density at radius 3 is 2.52 bits per heavy atom. The fourth-order valence-electron chi connectivity index (χ4n) is 1.98. The molecule has 0 fully saturated rings. The van der Waals surface area contributed by atoms with Crippen LogP contribution >= 0.6 is 0 Å². The van der Waals surface area contributed by atoms with Crippen LogP contribution in [0.4, 0.5) is 5.69 Å². The van der Waals surface area contributed by atoms with E-state index in [4.69, 9.17) is 15.1 Å². The van der Waals surface area contributed by atoms with Gasteiger partial charge in [0.25, 0.3) is 7.48 Å². The lowest BCUT2D eigenvalue weighted by Gasteiger charge is -2.08. The van der Waals surface area contributed by atoms with Gasteiger partial charge in [0.15, 0.2) is 0 Å².